The number of pyridine rings is 1. The Bertz CT molecular complexity index is 453. The van der Waals surface area contributed by atoms with Crippen molar-refractivity contribution in [3.05, 3.63) is 17.8 Å². The molecule has 0 radical (unpaired) electrons. The number of aromatic nitrogens is 1. The van der Waals surface area contributed by atoms with E-state index >= 15 is 0 Å². The molecule has 0 unspecified atom stereocenters. The molecule has 4 heteroatoms. The second kappa shape index (κ2) is 4.25. The molecule has 0 spiro atoms. The van der Waals surface area contributed by atoms with Gasteiger partial charge in [-0.3, -0.25) is 0 Å². The van der Waals surface area contributed by atoms with E-state index < -0.39 is 0 Å². The lowest BCUT2D eigenvalue weighted by atomic mass is 10.2. The van der Waals surface area contributed by atoms with E-state index in [1.165, 1.54) is 0 Å². The van der Waals surface area contributed by atoms with Crippen LogP contribution in [0.25, 0.3) is 0 Å². The molecule has 1 fully saturated rings. The van der Waals surface area contributed by atoms with E-state index in [1.807, 2.05) is 20.8 Å². The van der Waals surface area contributed by atoms with Gasteiger partial charge in [-0.05, 0) is 33.6 Å². The van der Waals surface area contributed by atoms with Gasteiger partial charge in [-0.15, -0.1) is 0 Å². The van der Waals surface area contributed by atoms with Gasteiger partial charge in [-0.2, -0.15) is 5.26 Å². The third-order valence-electron chi connectivity index (χ3n) is 2.19. The predicted molar refractivity (Wildman–Crippen MR) is 63.0 cm³/mol. The van der Waals surface area contributed by atoms with Crippen LogP contribution in [0, 0.1) is 11.3 Å². The van der Waals surface area contributed by atoms with E-state index in [0.717, 1.165) is 12.8 Å². The minimum atomic E-state index is -0.321. The zero-order valence-electron chi connectivity index (χ0n) is 10.4. The first-order valence-electron chi connectivity index (χ1n) is 5.74. The van der Waals surface area contributed by atoms with Crippen LogP contribution in [0.15, 0.2) is 12.3 Å². The van der Waals surface area contributed by atoms with Crippen LogP contribution in [0.5, 0.6) is 11.6 Å². The zero-order chi connectivity index (χ0) is 12.5. The number of hydrogen-bond acceptors (Lipinski definition) is 4. The van der Waals surface area contributed by atoms with Crippen LogP contribution < -0.4 is 9.47 Å². The molecule has 17 heavy (non-hydrogen) atoms. The van der Waals surface area contributed by atoms with Gasteiger partial charge < -0.3 is 9.47 Å². The lowest BCUT2D eigenvalue weighted by Gasteiger charge is -2.20. The number of ether oxygens (including phenoxy) is 2. The van der Waals surface area contributed by atoms with Crippen molar-refractivity contribution in [2.24, 2.45) is 0 Å². The van der Waals surface area contributed by atoms with Crippen molar-refractivity contribution in [2.45, 2.75) is 45.3 Å². The molecule has 1 aromatic rings. The molecular formula is C13H16N2O2. The molecule has 1 aliphatic carbocycles. The summed E-state index contributed by atoms with van der Waals surface area (Å²) in [6, 6.07) is 3.74. The van der Waals surface area contributed by atoms with Gasteiger partial charge in [-0.1, -0.05) is 0 Å². The maximum absolute atomic E-state index is 9.06. The Hall–Kier alpha value is -1.76. The Morgan fingerprint density at radius 3 is 2.65 bits per heavy atom. The van der Waals surface area contributed by atoms with Crippen LogP contribution >= 0.6 is 0 Å². The minimum Gasteiger partial charge on any atom is -0.487 e. The molecule has 90 valence electrons. The highest BCUT2D eigenvalue weighted by Crippen LogP contribution is 2.30. The highest BCUT2D eigenvalue weighted by molar-refractivity contribution is 5.44. The Labute approximate surface area is 101 Å². The Morgan fingerprint density at radius 1 is 1.41 bits per heavy atom. The summed E-state index contributed by atoms with van der Waals surface area (Å²) < 4.78 is 11.2. The maximum atomic E-state index is 9.06. The van der Waals surface area contributed by atoms with Crippen LogP contribution in [0.3, 0.4) is 0 Å². The summed E-state index contributed by atoms with van der Waals surface area (Å²) in [6.07, 6.45) is 3.95. The van der Waals surface area contributed by atoms with Crippen LogP contribution in [-0.2, 0) is 0 Å². The molecule has 0 bridgehead atoms. The van der Waals surface area contributed by atoms with Crippen molar-refractivity contribution >= 4 is 0 Å². The molecule has 1 aromatic heterocycles. The summed E-state index contributed by atoms with van der Waals surface area (Å²) in [5.41, 5.74) is 0.157. The van der Waals surface area contributed by atoms with Gasteiger partial charge in [-0.25, -0.2) is 4.98 Å². The van der Waals surface area contributed by atoms with E-state index in [9.17, 15) is 0 Å². The summed E-state index contributed by atoms with van der Waals surface area (Å²) >= 11 is 0. The number of nitriles is 1. The standard InChI is InChI=1S/C13H16N2O2/c1-13(2,3)17-12-6-9(7-14)11(8-15-12)16-10-4-5-10/h6,8,10H,4-5H2,1-3H3. The van der Waals surface area contributed by atoms with E-state index in [0.29, 0.717) is 17.2 Å². The lowest BCUT2D eigenvalue weighted by Crippen LogP contribution is -2.23. The second-order valence-electron chi connectivity index (χ2n) is 5.16. The molecule has 0 saturated heterocycles. The number of rotatable bonds is 3. The number of nitrogens with zero attached hydrogens (tertiary/aromatic N) is 2. The molecule has 0 amide bonds. The Morgan fingerprint density at radius 2 is 2.12 bits per heavy atom. The molecule has 0 aromatic carbocycles. The van der Waals surface area contributed by atoms with Gasteiger partial charge in [0.1, 0.15) is 17.2 Å². The van der Waals surface area contributed by atoms with Crippen LogP contribution in [0.1, 0.15) is 39.2 Å². The summed E-state index contributed by atoms with van der Waals surface area (Å²) in [4.78, 5) is 4.16. The summed E-state index contributed by atoms with van der Waals surface area (Å²) in [5.74, 6) is 1.01. The Kier molecular flexibility index (Phi) is 2.93. The normalized spacial score (nSPS) is 15.2. The molecule has 1 heterocycles. The molecule has 0 N–H and O–H groups in total. The van der Waals surface area contributed by atoms with Gasteiger partial charge in [0.15, 0.2) is 5.75 Å². The van der Waals surface area contributed by atoms with Crippen molar-refractivity contribution in [3.8, 4) is 17.7 Å². The van der Waals surface area contributed by atoms with Crippen molar-refractivity contribution in [1.29, 1.82) is 5.26 Å². The summed E-state index contributed by atoms with van der Waals surface area (Å²) in [7, 11) is 0. The van der Waals surface area contributed by atoms with Crippen LogP contribution in [0.4, 0.5) is 0 Å². The van der Waals surface area contributed by atoms with Gasteiger partial charge in [0, 0.05) is 6.07 Å². The third-order valence-corrected chi connectivity index (χ3v) is 2.19. The zero-order valence-corrected chi connectivity index (χ0v) is 10.4. The second-order valence-corrected chi connectivity index (χ2v) is 5.16. The first-order chi connectivity index (χ1) is 7.98. The maximum Gasteiger partial charge on any atom is 0.215 e. The third kappa shape index (κ3) is 3.35. The van der Waals surface area contributed by atoms with E-state index in [1.54, 1.807) is 12.3 Å². The molecular weight excluding hydrogens is 216 g/mol. The summed E-state index contributed by atoms with van der Waals surface area (Å²) in [6.45, 7) is 5.82. The van der Waals surface area contributed by atoms with Gasteiger partial charge >= 0.3 is 0 Å². The highest BCUT2D eigenvalue weighted by atomic mass is 16.5. The topological polar surface area (TPSA) is 55.1 Å². The fourth-order valence-electron chi connectivity index (χ4n) is 1.34. The predicted octanol–water partition coefficient (Wildman–Crippen LogP) is 2.67. The van der Waals surface area contributed by atoms with E-state index in [4.69, 9.17) is 14.7 Å². The monoisotopic (exact) mass is 232 g/mol. The largest absolute Gasteiger partial charge is 0.487 e. The first-order valence-corrected chi connectivity index (χ1v) is 5.74. The smallest absolute Gasteiger partial charge is 0.215 e. The Balaban J connectivity index is 2.18. The first kappa shape index (κ1) is 11.7. The van der Waals surface area contributed by atoms with Gasteiger partial charge in [0.05, 0.1) is 12.3 Å². The van der Waals surface area contributed by atoms with Crippen molar-refractivity contribution < 1.29 is 9.47 Å². The molecule has 4 nitrogen and oxygen atoms in total. The average molecular weight is 232 g/mol. The van der Waals surface area contributed by atoms with Crippen molar-refractivity contribution in [1.82, 2.24) is 4.98 Å². The fraction of sp³-hybridized carbons (Fsp3) is 0.538. The quantitative estimate of drug-likeness (QED) is 0.804. The van der Waals surface area contributed by atoms with Crippen LogP contribution in [0.2, 0.25) is 0 Å². The molecule has 1 saturated carbocycles. The molecule has 1 aliphatic rings. The SMILES string of the molecule is CC(C)(C)Oc1cc(C#N)c(OC2CC2)cn1. The highest BCUT2D eigenvalue weighted by Gasteiger charge is 2.25. The summed E-state index contributed by atoms with van der Waals surface area (Å²) in [5, 5.41) is 9.06. The molecule has 0 aliphatic heterocycles. The minimum absolute atomic E-state index is 0.262. The number of hydrogen-bond donors (Lipinski definition) is 0. The fourth-order valence-corrected chi connectivity index (χ4v) is 1.34. The van der Waals surface area contributed by atoms with Crippen molar-refractivity contribution in [3.63, 3.8) is 0 Å². The van der Waals surface area contributed by atoms with Crippen molar-refractivity contribution in [2.75, 3.05) is 0 Å². The van der Waals surface area contributed by atoms with Gasteiger partial charge in [0.2, 0.25) is 5.88 Å². The van der Waals surface area contributed by atoms with Gasteiger partial charge in [0.25, 0.3) is 0 Å². The lowest BCUT2D eigenvalue weighted by molar-refractivity contribution is 0.123. The molecule has 2 rings (SSSR count). The van der Waals surface area contributed by atoms with Crippen LogP contribution in [-0.4, -0.2) is 16.7 Å². The van der Waals surface area contributed by atoms with E-state index in [2.05, 4.69) is 11.1 Å². The molecule has 0 atom stereocenters. The average Bonchev–Trinajstić information content (AvgIpc) is 3.02. The van der Waals surface area contributed by atoms with E-state index in [-0.39, 0.29) is 11.7 Å².